The number of benzene rings is 1. The molecule has 7 heteroatoms. The number of nitrogens with two attached hydrogens (primary N) is 1. The van der Waals surface area contributed by atoms with E-state index in [9.17, 15) is 4.79 Å². The van der Waals surface area contributed by atoms with Gasteiger partial charge in [-0.25, -0.2) is 9.97 Å². The van der Waals surface area contributed by atoms with Gasteiger partial charge >= 0.3 is 0 Å². The first kappa shape index (κ1) is 20.5. The van der Waals surface area contributed by atoms with Gasteiger partial charge in [0.2, 0.25) is 5.95 Å². The fourth-order valence-corrected chi connectivity index (χ4v) is 2.65. The van der Waals surface area contributed by atoms with Gasteiger partial charge in [-0.1, -0.05) is 24.3 Å². The first-order chi connectivity index (χ1) is 12.9. The first-order valence-electron chi connectivity index (χ1n) is 9.08. The predicted octanol–water partition coefficient (Wildman–Crippen LogP) is 2.33. The van der Waals surface area contributed by atoms with Crippen molar-refractivity contribution in [3.05, 3.63) is 42.2 Å². The van der Waals surface area contributed by atoms with E-state index in [0.29, 0.717) is 18.8 Å². The van der Waals surface area contributed by atoms with Crippen LogP contribution in [0, 0.1) is 5.41 Å². The van der Waals surface area contributed by atoms with Crippen LogP contribution in [0.2, 0.25) is 0 Å². The van der Waals surface area contributed by atoms with Gasteiger partial charge in [0.15, 0.2) is 0 Å². The highest BCUT2D eigenvalue weighted by atomic mass is 16.1. The standard InChI is InChI=1S/C20H28N6O/c1-26(2)10-4-9-23-20-24-13-17(14-25-20)16-6-3-5-15(11-16)7-8-18(27)12-19(21)22/h3,5-6,11,13-14H,4,7-10,12H2,1-2H3,(H3,21,22)(H,23,24,25). The summed E-state index contributed by atoms with van der Waals surface area (Å²) in [6.45, 7) is 1.86. The lowest BCUT2D eigenvalue weighted by Gasteiger charge is -2.10. The number of hydrogen-bond acceptors (Lipinski definition) is 6. The SMILES string of the molecule is CN(C)CCCNc1ncc(-c2cccc(CCC(=O)CC(=N)N)c2)cn1. The molecular formula is C20H28N6O. The van der Waals surface area contributed by atoms with E-state index in [1.54, 1.807) is 12.4 Å². The summed E-state index contributed by atoms with van der Waals surface area (Å²) in [5, 5.41) is 10.4. The number of nitrogens with one attached hydrogen (secondary N) is 2. The van der Waals surface area contributed by atoms with E-state index in [2.05, 4.69) is 34.3 Å². The Morgan fingerprint density at radius 2 is 1.96 bits per heavy atom. The summed E-state index contributed by atoms with van der Waals surface area (Å²) in [6, 6.07) is 8.01. The first-order valence-corrected chi connectivity index (χ1v) is 9.08. The third kappa shape index (κ3) is 7.53. The van der Waals surface area contributed by atoms with Gasteiger partial charge in [0.25, 0.3) is 0 Å². The minimum Gasteiger partial charge on any atom is -0.387 e. The third-order valence-corrected chi connectivity index (χ3v) is 4.06. The van der Waals surface area contributed by atoms with Crippen LogP contribution in [-0.4, -0.2) is 53.7 Å². The summed E-state index contributed by atoms with van der Waals surface area (Å²) < 4.78 is 0. The zero-order valence-corrected chi connectivity index (χ0v) is 16.0. The fourth-order valence-electron chi connectivity index (χ4n) is 2.65. The Kier molecular flexibility index (Phi) is 7.88. The van der Waals surface area contributed by atoms with E-state index < -0.39 is 0 Å². The zero-order chi connectivity index (χ0) is 19.6. The van der Waals surface area contributed by atoms with Gasteiger partial charge in [-0.05, 0) is 44.6 Å². The molecule has 0 bridgehead atoms. The molecule has 27 heavy (non-hydrogen) atoms. The van der Waals surface area contributed by atoms with E-state index in [-0.39, 0.29) is 18.0 Å². The smallest absolute Gasteiger partial charge is 0.222 e. The van der Waals surface area contributed by atoms with Crippen molar-refractivity contribution < 1.29 is 4.79 Å². The van der Waals surface area contributed by atoms with Crippen molar-refractivity contribution in [2.45, 2.75) is 25.7 Å². The van der Waals surface area contributed by atoms with Crippen LogP contribution in [0.5, 0.6) is 0 Å². The summed E-state index contributed by atoms with van der Waals surface area (Å²) in [5.74, 6) is 0.533. The van der Waals surface area contributed by atoms with Gasteiger partial charge in [0.1, 0.15) is 5.78 Å². The number of rotatable bonds is 11. The van der Waals surface area contributed by atoms with E-state index in [1.807, 2.05) is 24.3 Å². The summed E-state index contributed by atoms with van der Waals surface area (Å²) in [5.41, 5.74) is 8.29. The number of amidine groups is 1. The Morgan fingerprint density at radius 1 is 1.22 bits per heavy atom. The normalized spacial score (nSPS) is 10.8. The van der Waals surface area contributed by atoms with Crippen LogP contribution < -0.4 is 11.1 Å². The number of aryl methyl sites for hydroxylation is 1. The van der Waals surface area contributed by atoms with E-state index in [0.717, 1.165) is 36.2 Å². The lowest BCUT2D eigenvalue weighted by Crippen LogP contribution is -2.16. The molecule has 0 fully saturated rings. The van der Waals surface area contributed by atoms with Crippen molar-refractivity contribution in [2.24, 2.45) is 5.73 Å². The molecule has 0 saturated heterocycles. The van der Waals surface area contributed by atoms with Crippen LogP contribution in [0.1, 0.15) is 24.8 Å². The molecule has 2 aromatic rings. The molecule has 0 aliphatic heterocycles. The Bertz CT molecular complexity index is 757. The van der Waals surface area contributed by atoms with Gasteiger partial charge < -0.3 is 16.0 Å². The van der Waals surface area contributed by atoms with Crippen molar-refractivity contribution in [2.75, 3.05) is 32.5 Å². The quantitative estimate of drug-likeness (QED) is 0.319. The van der Waals surface area contributed by atoms with E-state index in [1.165, 1.54) is 0 Å². The molecule has 4 N–H and O–H groups in total. The topological polar surface area (TPSA) is 108 Å². The highest BCUT2D eigenvalue weighted by Crippen LogP contribution is 2.20. The summed E-state index contributed by atoms with van der Waals surface area (Å²) in [6.07, 6.45) is 5.68. The summed E-state index contributed by atoms with van der Waals surface area (Å²) >= 11 is 0. The average molecular weight is 368 g/mol. The zero-order valence-electron chi connectivity index (χ0n) is 16.0. The number of nitrogens with zero attached hydrogens (tertiary/aromatic N) is 3. The minimum absolute atomic E-state index is 0.0130. The van der Waals surface area contributed by atoms with Crippen LogP contribution >= 0.6 is 0 Å². The monoisotopic (exact) mass is 368 g/mol. The summed E-state index contributed by atoms with van der Waals surface area (Å²) in [4.78, 5) is 22.6. The maximum absolute atomic E-state index is 11.7. The van der Waals surface area contributed by atoms with E-state index >= 15 is 0 Å². The second-order valence-corrected chi connectivity index (χ2v) is 6.82. The van der Waals surface area contributed by atoms with E-state index in [4.69, 9.17) is 11.1 Å². The average Bonchev–Trinajstić information content (AvgIpc) is 2.64. The molecule has 0 aliphatic rings. The van der Waals surface area contributed by atoms with Gasteiger partial charge in [0, 0.05) is 30.9 Å². The van der Waals surface area contributed by atoms with Gasteiger partial charge in [-0.3, -0.25) is 10.2 Å². The molecule has 7 nitrogen and oxygen atoms in total. The van der Waals surface area contributed by atoms with Gasteiger partial charge in [-0.15, -0.1) is 0 Å². The maximum atomic E-state index is 11.7. The highest BCUT2D eigenvalue weighted by Gasteiger charge is 2.06. The number of ketones is 1. The molecule has 0 amide bonds. The number of aromatic nitrogens is 2. The Balaban J connectivity index is 1.92. The fraction of sp³-hybridized carbons (Fsp3) is 0.400. The number of carbonyl (C=O) groups excluding carboxylic acids is 1. The number of carbonyl (C=O) groups is 1. The number of hydrogen-bond donors (Lipinski definition) is 3. The second-order valence-electron chi connectivity index (χ2n) is 6.82. The van der Waals surface area contributed by atoms with Gasteiger partial charge in [0.05, 0.1) is 12.3 Å². The van der Waals surface area contributed by atoms with Crippen LogP contribution in [0.3, 0.4) is 0 Å². The molecule has 0 unspecified atom stereocenters. The Morgan fingerprint density at radius 3 is 2.63 bits per heavy atom. The van der Waals surface area contributed by atoms with Crippen LogP contribution in [0.15, 0.2) is 36.7 Å². The molecule has 0 aliphatic carbocycles. The summed E-state index contributed by atoms with van der Waals surface area (Å²) in [7, 11) is 4.11. The highest BCUT2D eigenvalue weighted by molar-refractivity contribution is 5.98. The van der Waals surface area contributed by atoms with Crippen molar-refractivity contribution in [1.29, 1.82) is 5.41 Å². The molecule has 0 radical (unpaired) electrons. The van der Waals surface area contributed by atoms with Crippen LogP contribution in [0.25, 0.3) is 11.1 Å². The molecule has 2 rings (SSSR count). The largest absolute Gasteiger partial charge is 0.387 e. The van der Waals surface area contributed by atoms with Crippen LogP contribution in [-0.2, 0) is 11.2 Å². The third-order valence-electron chi connectivity index (χ3n) is 4.06. The molecule has 144 valence electrons. The Hall–Kier alpha value is -2.80. The van der Waals surface area contributed by atoms with Crippen molar-refractivity contribution in [1.82, 2.24) is 14.9 Å². The molecule has 0 saturated carbocycles. The lowest BCUT2D eigenvalue weighted by molar-refractivity contribution is -0.117. The molecule has 0 spiro atoms. The minimum atomic E-state index is -0.0821. The Labute approximate surface area is 160 Å². The lowest BCUT2D eigenvalue weighted by atomic mass is 10.0. The maximum Gasteiger partial charge on any atom is 0.222 e. The number of Topliss-reactive ketones (excluding diaryl/α,β-unsaturated/α-hetero) is 1. The van der Waals surface area contributed by atoms with Crippen molar-refractivity contribution in [3.8, 4) is 11.1 Å². The number of anilines is 1. The molecule has 1 heterocycles. The predicted molar refractivity (Wildman–Crippen MR) is 109 cm³/mol. The molecule has 0 atom stereocenters. The van der Waals surface area contributed by atoms with Crippen molar-refractivity contribution in [3.63, 3.8) is 0 Å². The van der Waals surface area contributed by atoms with Crippen molar-refractivity contribution >= 4 is 17.6 Å². The molecule has 1 aromatic heterocycles. The van der Waals surface area contributed by atoms with Gasteiger partial charge in [-0.2, -0.15) is 0 Å². The molecule has 1 aromatic carbocycles. The molecular weight excluding hydrogens is 340 g/mol. The second kappa shape index (κ2) is 10.4. The van der Waals surface area contributed by atoms with Crippen LogP contribution in [0.4, 0.5) is 5.95 Å².